The van der Waals surface area contributed by atoms with Gasteiger partial charge in [0, 0.05) is 24.0 Å². The molecule has 0 saturated carbocycles. The van der Waals surface area contributed by atoms with Crippen LogP contribution in [-0.2, 0) is 13.5 Å². The van der Waals surface area contributed by atoms with E-state index in [4.69, 9.17) is 0 Å². The lowest BCUT2D eigenvalue weighted by atomic mass is 10.0. The van der Waals surface area contributed by atoms with Gasteiger partial charge in [0.05, 0.1) is 11.6 Å². The fourth-order valence-corrected chi connectivity index (χ4v) is 3.27. The number of pyridine rings is 1. The van der Waals surface area contributed by atoms with Crippen LogP contribution < -0.4 is 5.56 Å². The lowest BCUT2D eigenvalue weighted by Gasteiger charge is -2.14. The minimum atomic E-state index is -0.0366. The van der Waals surface area contributed by atoms with E-state index in [-0.39, 0.29) is 5.56 Å². The smallest absolute Gasteiger partial charge is 0.264 e. The Balaban J connectivity index is 1.99. The maximum absolute atomic E-state index is 13.4. The molecule has 4 nitrogen and oxygen atoms in total. The summed E-state index contributed by atoms with van der Waals surface area (Å²) in [6.07, 6.45) is 2.48. The number of nitrogens with zero attached hydrogens (tertiary/aromatic N) is 3. The number of para-hydroxylation sites is 1. The first-order valence-electron chi connectivity index (χ1n) is 8.92. The van der Waals surface area contributed by atoms with E-state index in [1.54, 1.807) is 15.4 Å². The lowest BCUT2D eigenvalue weighted by molar-refractivity contribution is 0.757. The highest BCUT2D eigenvalue weighted by Gasteiger charge is 2.12. The van der Waals surface area contributed by atoms with Crippen molar-refractivity contribution in [3.63, 3.8) is 0 Å². The van der Waals surface area contributed by atoms with E-state index in [0.717, 1.165) is 34.4 Å². The maximum atomic E-state index is 13.4. The average Bonchev–Trinajstić information content (AvgIpc) is 3.11. The summed E-state index contributed by atoms with van der Waals surface area (Å²) in [5.74, 6) is 6.28. The predicted octanol–water partition coefficient (Wildman–Crippen LogP) is 3.69. The summed E-state index contributed by atoms with van der Waals surface area (Å²) in [7, 11) is 1.85. The molecule has 0 amide bonds. The third-order valence-corrected chi connectivity index (χ3v) is 4.65. The highest BCUT2D eigenvalue weighted by atomic mass is 16.1. The highest BCUT2D eigenvalue weighted by Crippen LogP contribution is 2.19. The fourth-order valence-electron chi connectivity index (χ4n) is 3.27. The molecule has 0 bridgehead atoms. The molecule has 4 rings (SSSR count). The van der Waals surface area contributed by atoms with Gasteiger partial charge in [-0.1, -0.05) is 43.2 Å². The van der Waals surface area contributed by atoms with E-state index in [0.29, 0.717) is 5.39 Å². The van der Waals surface area contributed by atoms with Gasteiger partial charge >= 0.3 is 0 Å². The van der Waals surface area contributed by atoms with E-state index in [1.165, 1.54) is 0 Å². The molecule has 27 heavy (non-hydrogen) atoms. The maximum Gasteiger partial charge on any atom is 0.264 e. The minimum Gasteiger partial charge on any atom is -0.281 e. The minimum absolute atomic E-state index is 0.0366. The molecule has 0 saturated heterocycles. The van der Waals surface area contributed by atoms with Gasteiger partial charge in [0.15, 0.2) is 0 Å². The van der Waals surface area contributed by atoms with Crippen molar-refractivity contribution in [3.05, 3.63) is 94.2 Å². The topological polar surface area (TPSA) is 39.8 Å². The first kappa shape index (κ1) is 16.9. The van der Waals surface area contributed by atoms with Crippen LogP contribution in [0.25, 0.3) is 16.5 Å². The molecular weight excluding hydrogens is 334 g/mol. The van der Waals surface area contributed by atoms with Gasteiger partial charge in [0.2, 0.25) is 0 Å². The fraction of sp³-hybridized carbons (Fsp3) is 0.130. The summed E-state index contributed by atoms with van der Waals surface area (Å²) in [6.45, 7) is 2.06. The number of fused-ring (bicyclic) bond motifs is 1. The van der Waals surface area contributed by atoms with Gasteiger partial charge in [-0.05, 0) is 48.1 Å². The zero-order valence-electron chi connectivity index (χ0n) is 15.3. The predicted molar refractivity (Wildman–Crippen MR) is 108 cm³/mol. The van der Waals surface area contributed by atoms with Crippen molar-refractivity contribution < 1.29 is 0 Å². The number of aromatic nitrogens is 3. The Hall–Kier alpha value is -3.58. The molecule has 0 spiro atoms. The van der Waals surface area contributed by atoms with Gasteiger partial charge < -0.3 is 0 Å². The molecule has 2 aromatic carbocycles. The van der Waals surface area contributed by atoms with Gasteiger partial charge in [0.25, 0.3) is 5.56 Å². The highest BCUT2D eigenvalue weighted by molar-refractivity contribution is 5.88. The average molecular weight is 353 g/mol. The van der Waals surface area contributed by atoms with Crippen LogP contribution in [0.1, 0.15) is 23.9 Å². The molecule has 0 aliphatic rings. The Morgan fingerprint density at radius 3 is 2.52 bits per heavy atom. The quantitative estimate of drug-likeness (QED) is 0.516. The van der Waals surface area contributed by atoms with E-state index in [2.05, 4.69) is 29.9 Å². The summed E-state index contributed by atoms with van der Waals surface area (Å²) in [5.41, 5.74) is 3.35. The zero-order chi connectivity index (χ0) is 18.8. The summed E-state index contributed by atoms with van der Waals surface area (Å²) in [5, 5.41) is 5.70. The monoisotopic (exact) mass is 353 g/mol. The Labute approximate surface area is 157 Å². The van der Waals surface area contributed by atoms with Crippen molar-refractivity contribution >= 4 is 10.8 Å². The second-order valence-corrected chi connectivity index (χ2v) is 6.33. The first-order chi connectivity index (χ1) is 13.2. The van der Waals surface area contributed by atoms with Crippen molar-refractivity contribution in [2.75, 3.05) is 0 Å². The normalized spacial score (nSPS) is 10.6. The Morgan fingerprint density at radius 1 is 1.00 bits per heavy atom. The standard InChI is InChI=1S/C23H19N3O/c1-3-19-16-18-9-7-8-17(12-13-20-14-15-24-25(20)2)22(18)23(27)26(19)21-10-5-4-6-11-21/h4-11,14-16H,3H2,1-2H3. The molecule has 0 aliphatic carbocycles. The number of hydrogen-bond acceptors (Lipinski definition) is 2. The number of rotatable bonds is 2. The van der Waals surface area contributed by atoms with Crippen molar-refractivity contribution in [1.82, 2.24) is 14.3 Å². The third kappa shape index (κ3) is 3.04. The molecule has 0 N–H and O–H groups in total. The molecule has 0 aliphatic heterocycles. The van der Waals surface area contributed by atoms with Crippen LogP contribution in [-0.4, -0.2) is 14.3 Å². The first-order valence-corrected chi connectivity index (χ1v) is 8.92. The Morgan fingerprint density at radius 2 is 1.81 bits per heavy atom. The molecule has 2 heterocycles. The van der Waals surface area contributed by atoms with Crippen LogP contribution >= 0.6 is 0 Å². The van der Waals surface area contributed by atoms with E-state index >= 15 is 0 Å². The molecule has 0 atom stereocenters. The van der Waals surface area contributed by atoms with Crippen LogP contribution in [0.3, 0.4) is 0 Å². The number of benzene rings is 2. The van der Waals surface area contributed by atoms with Gasteiger partial charge in [-0.15, -0.1) is 0 Å². The number of hydrogen-bond donors (Lipinski definition) is 0. The van der Waals surface area contributed by atoms with Gasteiger partial charge in [0.1, 0.15) is 5.69 Å². The van der Waals surface area contributed by atoms with E-state index < -0.39 is 0 Å². The molecule has 0 unspecified atom stereocenters. The van der Waals surface area contributed by atoms with Gasteiger partial charge in [-0.25, -0.2) is 0 Å². The molecule has 4 heteroatoms. The second-order valence-electron chi connectivity index (χ2n) is 6.33. The van der Waals surface area contributed by atoms with Crippen LogP contribution in [0.4, 0.5) is 0 Å². The Kier molecular flexibility index (Phi) is 4.35. The molecular formula is C23H19N3O. The number of aryl methyl sites for hydroxylation is 2. The largest absolute Gasteiger partial charge is 0.281 e. The van der Waals surface area contributed by atoms with Crippen LogP contribution in [0.15, 0.2) is 71.7 Å². The Bertz CT molecular complexity index is 1240. The molecule has 132 valence electrons. The van der Waals surface area contributed by atoms with Crippen molar-refractivity contribution in [2.45, 2.75) is 13.3 Å². The van der Waals surface area contributed by atoms with E-state index in [1.807, 2.05) is 61.6 Å². The van der Waals surface area contributed by atoms with Crippen molar-refractivity contribution in [1.29, 1.82) is 0 Å². The molecule has 4 aromatic rings. The van der Waals surface area contributed by atoms with Crippen LogP contribution in [0, 0.1) is 11.8 Å². The van der Waals surface area contributed by atoms with Crippen molar-refractivity contribution in [3.8, 4) is 17.5 Å². The molecule has 2 aromatic heterocycles. The molecule has 0 radical (unpaired) electrons. The summed E-state index contributed by atoms with van der Waals surface area (Å²) in [4.78, 5) is 13.4. The van der Waals surface area contributed by atoms with Crippen LogP contribution in [0.5, 0.6) is 0 Å². The van der Waals surface area contributed by atoms with Gasteiger partial charge in [-0.3, -0.25) is 14.0 Å². The van der Waals surface area contributed by atoms with Crippen LogP contribution in [0.2, 0.25) is 0 Å². The lowest BCUT2D eigenvalue weighted by Crippen LogP contribution is -2.22. The second kappa shape index (κ2) is 6.97. The third-order valence-electron chi connectivity index (χ3n) is 4.65. The summed E-state index contributed by atoms with van der Waals surface area (Å²) < 4.78 is 3.51. The summed E-state index contributed by atoms with van der Waals surface area (Å²) in [6, 6.07) is 19.5. The zero-order valence-corrected chi connectivity index (χ0v) is 15.3. The van der Waals surface area contributed by atoms with Crippen molar-refractivity contribution in [2.24, 2.45) is 7.05 Å². The summed E-state index contributed by atoms with van der Waals surface area (Å²) >= 11 is 0. The molecule has 0 fully saturated rings. The van der Waals surface area contributed by atoms with Gasteiger partial charge in [-0.2, -0.15) is 5.10 Å². The SMILES string of the molecule is CCc1cc2cccc(C#Cc3ccnn3C)c2c(=O)n1-c1ccccc1. The van der Waals surface area contributed by atoms with E-state index in [9.17, 15) is 4.79 Å².